The summed E-state index contributed by atoms with van der Waals surface area (Å²) >= 11 is 5.09. The van der Waals surface area contributed by atoms with Crippen molar-refractivity contribution in [2.45, 2.75) is 26.8 Å². The maximum atomic E-state index is 12.2. The Bertz CT molecular complexity index is 651. The van der Waals surface area contributed by atoms with E-state index >= 15 is 0 Å². The second-order valence-electron chi connectivity index (χ2n) is 4.80. The first-order valence-corrected chi connectivity index (χ1v) is 7.92. The fourth-order valence-electron chi connectivity index (χ4n) is 2.11. The Kier molecular flexibility index (Phi) is 4.50. The summed E-state index contributed by atoms with van der Waals surface area (Å²) in [6.07, 6.45) is 0. The summed E-state index contributed by atoms with van der Waals surface area (Å²) in [7, 11) is 0. The summed E-state index contributed by atoms with van der Waals surface area (Å²) in [5.74, 6) is -0.0959. The summed E-state index contributed by atoms with van der Waals surface area (Å²) in [4.78, 5) is 14.7. The van der Waals surface area contributed by atoms with Gasteiger partial charge < -0.3 is 11.1 Å². The van der Waals surface area contributed by atoms with Crippen LogP contribution in [0, 0.1) is 13.8 Å². The van der Waals surface area contributed by atoms with E-state index in [1.807, 2.05) is 6.92 Å². The summed E-state index contributed by atoms with van der Waals surface area (Å²) in [5, 5.41) is 3.02. The van der Waals surface area contributed by atoms with E-state index in [4.69, 9.17) is 5.73 Å². The highest BCUT2D eigenvalue weighted by atomic mass is 79.9. The van der Waals surface area contributed by atoms with E-state index in [2.05, 4.69) is 41.2 Å². The highest BCUT2D eigenvalue weighted by Crippen LogP contribution is 2.26. The molecule has 2 aromatic rings. The molecule has 0 spiro atoms. The lowest BCUT2D eigenvalue weighted by molar-refractivity contribution is 0.0940. The fourth-order valence-corrected chi connectivity index (χ4v) is 3.51. The van der Waals surface area contributed by atoms with E-state index in [9.17, 15) is 4.79 Å². The Morgan fingerprint density at radius 2 is 2.05 bits per heavy atom. The standard InChI is InChI=1S/C15H17BrN2OS/c1-8-6-12(10(3)20-8)9(2)18-15(19)11-4-5-14(17)13(16)7-11/h4-7,9H,17H2,1-3H3,(H,18,19). The lowest BCUT2D eigenvalue weighted by Crippen LogP contribution is -2.26. The lowest BCUT2D eigenvalue weighted by Gasteiger charge is -2.14. The van der Waals surface area contributed by atoms with Gasteiger partial charge in [-0.05, 0) is 66.5 Å². The number of amides is 1. The van der Waals surface area contributed by atoms with Crippen molar-refractivity contribution >= 4 is 38.9 Å². The van der Waals surface area contributed by atoms with Crippen LogP contribution >= 0.6 is 27.3 Å². The maximum Gasteiger partial charge on any atom is 0.251 e. The van der Waals surface area contributed by atoms with Crippen LogP contribution in [0.1, 0.15) is 38.6 Å². The molecule has 0 saturated heterocycles. The zero-order chi connectivity index (χ0) is 14.9. The summed E-state index contributed by atoms with van der Waals surface area (Å²) in [6.45, 7) is 6.15. The van der Waals surface area contributed by atoms with E-state index in [0.717, 1.165) is 4.47 Å². The molecule has 1 unspecified atom stereocenters. The molecule has 0 fully saturated rings. The van der Waals surface area contributed by atoms with Crippen LogP contribution in [0.15, 0.2) is 28.7 Å². The number of carbonyl (C=O) groups excluding carboxylic acids is 1. The minimum absolute atomic E-state index is 0.0104. The predicted octanol–water partition coefficient (Wildman–Crippen LogP) is 4.20. The first-order valence-electron chi connectivity index (χ1n) is 6.31. The second-order valence-corrected chi connectivity index (χ2v) is 7.11. The smallest absolute Gasteiger partial charge is 0.251 e. The molecule has 106 valence electrons. The van der Waals surface area contributed by atoms with Crippen molar-refractivity contribution in [3.8, 4) is 0 Å². The van der Waals surface area contributed by atoms with Gasteiger partial charge in [-0.3, -0.25) is 4.79 Å². The van der Waals surface area contributed by atoms with Crippen molar-refractivity contribution in [2.75, 3.05) is 5.73 Å². The number of hydrogen-bond acceptors (Lipinski definition) is 3. The summed E-state index contributed by atoms with van der Waals surface area (Å²) in [6, 6.07) is 7.31. The van der Waals surface area contributed by atoms with E-state index < -0.39 is 0 Å². The largest absolute Gasteiger partial charge is 0.398 e. The molecule has 3 nitrogen and oxygen atoms in total. The molecule has 0 bridgehead atoms. The van der Waals surface area contributed by atoms with Gasteiger partial charge in [0.2, 0.25) is 0 Å². The second kappa shape index (κ2) is 5.97. The first kappa shape index (κ1) is 15.1. The van der Waals surface area contributed by atoms with Gasteiger partial charge in [-0.2, -0.15) is 0 Å². The number of halogens is 1. The van der Waals surface area contributed by atoms with Gasteiger partial charge in [-0.15, -0.1) is 11.3 Å². The number of rotatable bonds is 3. The number of nitrogens with two attached hydrogens (primary N) is 1. The molecule has 1 heterocycles. The molecule has 20 heavy (non-hydrogen) atoms. The van der Waals surface area contributed by atoms with Gasteiger partial charge in [0.25, 0.3) is 5.91 Å². The Hall–Kier alpha value is -1.33. The van der Waals surface area contributed by atoms with Crippen LogP contribution in [-0.2, 0) is 0 Å². The monoisotopic (exact) mass is 352 g/mol. The minimum atomic E-state index is -0.0959. The van der Waals surface area contributed by atoms with Gasteiger partial charge in [0.1, 0.15) is 0 Å². The number of thiophene rings is 1. The van der Waals surface area contributed by atoms with Crippen LogP contribution in [0.2, 0.25) is 0 Å². The Morgan fingerprint density at radius 1 is 1.35 bits per heavy atom. The third-order valence-electron chi connectivity index (χ3n) is 3.16. The van der Waals surface area contributed by atoms with Crippen molar-refractivity contribution in [3.63, 3.8) is 0 Å². The predicted molar refractivity (Wildman–Crippen MR) is 88.2 cm³/mol. The molecule has 1 amide bonds. The first-order chi connectivity index (χ1) is 9.38. The molecule has 2 rings (SSSR count). The van der Waals surface area contributed by atoms with Gasteiger partial charge in [0, 0.05) is 25.5 Å². The van der Waals surface area contributed by atoms with E-state index in [1.54, 1.807) is 29.5 Å². The van der Waals surface area contributed by atoms with Gasteiger partial charge in [-0.25, -0.2) is 0 Å². The zero-order valence-electron chi connectivity index (χ0n) is 11.7. The number of nitrogens with one attached hydrogen (secondary N) is 1. The normalized spacial score (nSPS) is 12.2. The number of carbonyl (C=O) groups is 1. The number of benzene rings is 1. The van der Waals surface area contributed by atoms with Gasteiger partial charge in [0.05, 0.1) is 6.04 Å². The van der Waals surface area contributed by atoms with Gasteiger partial charge in [-0.1, -0.05) is 0 Å². The van der Waals surface area contributed by atoms with Crippen molar-refractivity contribution in [1.82, 2.24) is 5.32 Å². The number of hydrogen-bond donors (Lipinski definition) is 2. The Morgan fingerprint density at radius 3 is 2.60 bits per heavy atom. The third kappa shape index (κ3) is 3.22. The number of aryl methyl sites for hydroxylation is 2. The quantitative estimate of drug-likeness (QED) is 0.813. The van der Waals surface area contributed by atoms with Gasteiger partial charge >= 0.3 is 0 Å². The molecule has 1 aromatic carbocycles. The topological polar surface area (TPSA) is 55.1 Å². The SMILES string of the molecule is Cc1cc(C(C)NC(=O)c2ccc(N)c(Br)c2)c(C)s1. The highest BCUT2D eigenvalue weighted by molar-refractivity contribution is 9.10. The number of nitrogen functional groups attached to an aromatic ring is 1. The molecule has 1 atom stereocenters. The van der Waals surface area contributed by atoms with E-state index in [-0.39, 0.29) is 11.9 Å². The minimum Gasteiger partial charge on any atom is -0.398 e. The molecule has 0 aliphatic carbocycles. The van der Waals surface area contributed by atoms with E-state index in [1.165, 1.54) is 15.3 Å². The highest BCUT2D eigenvalue weighted by Gasteiger charge is 2.15. The zero-order valence-corrected chi connectivity index (χ0v) is 14.1. The van der Waals surface area contributed by atoms with Crippen molar-refractivity contribution in [1.29, 1.82) is 0 Å². The van der Waals surface area contributed by atoms with Crippen molar-refractivity contribution < 1.29 is 4.79 Å². The average Bonchev–Trinajstić information content (AvgIpc) is 2.71. The van der Waals surface area contributed by atoms with E-state index in [0.29, 0.717) is 11.3 Å². The van der Waals surface area contributed by atoms with Crippen LogP contribution in [0.5, 0.6) is 0 Å². The molecule has 0 saturated carbocycles. The lowest BCUT2D eigenvalue weighted by atomic mass is 10.1. The number of anilines is 1. The Labute approximate surface area is 131 Å². The van der Waals surface area contributed by atoms with Crippen LogP contribution < -0.4 is 11.1 Å². The third-order valence-corrected chi connectivity index (χ3v) is 4.82. The van der Waals surface area contributed by atoms with Gasteiger partial charge in [0.15, 0.2) is 0 Å². The van der Waals surface area contributed by atoms with Crippen LogP contribution in [-0.4, -0.2) is 5.91 Å². The van der Waals surface area contributed by atoms with Crippen LogP contribution in [0.3, 0.4) is 0 Å². The maximum absolute atomic E-state index is 12.2. The van der Waals surface area contributed by atoms with Crippen molar-refractivity contribution in [3.05, 3.63) is 49.6 Å². The molecule has 0 aliphatic heterocycles. The fraction of sp³-hybridized carbons (Fsp3) is 0.267. The van der Waals surface area contributed by atoms with Crippen molar-refractivity contribution in [2.24, 2.45) is 0 Å². The average molecular weight is 353 g/mol. The van der Waals surface area contributed by atoms with Crippen LogP contribution in [0.4, 0.5) is 5.69 Å². The van der Waals surface area contributed by atoms with Crippen LogP contribution in [0.25, 0.3) is 0 Å². The molecule has 3 N–H and O–H groups in total. The Balaban J connectivity index is 2.15. The molecule has 5 heteroatoms. The molecule has 0 aliphatic rings. The summed E-state index contributed by atoms with van der Waals surface area (Å²) in [5.41, 5.74) is 8.13. The molecule has 1 aromatic heterocycles. The molecule has 0 radical (unpaired) electrons. The molecular formula is C15H17BrN2OS. The molecular weight excluding hydrogens is 336 g/mol. The summed E-state index contributed by atoms with van der Waals surface area (Å²) < 4.78 is 0.736.